The molecule has 0 spiro atoms. The molecule has 5 rings (SSSR count). The average Bonchev–Trinajstić information content (AvgIpc) is 3.83. The van der Waals surface area contributed by atoms with Gasteiger partial charge in [0.25, 0.3) is 11.8 Å². The number of rotatable bonds is 14. The van der Waals surface area contributed by atoms with E-state index in [1.807, 2.05) is 0 Å². The van der Waals surface area contributed by atoms with Crippen LogP contribution < -0.4 is 0 Å². The normalized spacial score (nSPS) is 10.5. The second-order valence-corrected chi connectivity index (χ2v) is 9.60. The highest BCUT2D eigenvalue weighted by Gasteiger charge is 2.17. The molecule has 0 atom stereocenters. The van der Waals surface area contributed by atoms with E-state index in [-0.39, 0.29) is 61.0 Å². The van der Waals surface area contributed by atoms with E-state index in [0.717, 1.165) is 12.2 Å². The number of aromatic nitrogens is 4. The Kier molecular flexibility index (Phi) is 10.6. The Balaban J connectivity index is 1.24. The molecule has 0 fully saturated rings. The number of ether oxygens (including phenoxy) is 4. The van der Waals surface area contributed by atoms with Gasteiger partial charge in [-0.05, 0) is 42.5 Å². The Morgan fingerprint density at radius 2 is 0.958 bits per heavy atom. The molecule has 0 amide bonds. The van der Waals surface area contributed by atoms with Crippen LogP contribution in [0.15, 0.2) is 107 Å². The Bertz CT molecular complexity index is 1840. The highest BCUT2D eigenvalue weighted by molar-refractivity contribution is 5.91. The average molecular weight is 651 g/mol. The standard InChI is InChI=1S/C34H26N4O10/c1-3-27(39)43-14-16-45-33(41)25-12-5-8-21(18-25)29-35-31(47-37-29)23-10-7-11-24(20-23)32-36-30(38-48-32)22-9-6-13-26(19-22)34(42)46-17-15-44-28(40)4-2/h3-13,18-20H,1-2,14-17H2. The first-order valence-corrected chi connectivity index (χ1v) is 14.3. The van der Waals surface area contributed by atoms with Gasteiger partial charge in [-0.3, -0.25) is 0 Å². The van der Waals surface area contributed by atoms with Crippen molar-refractivity contribution in [3.63, 3.8) is 0 Å². The van der Waals surface area contributed by atoms with Crippen molar-refractivity contribution in [2.75, 3.05) is 26.4 Å². The van der Waals surface area contributed by atoms with Gasteiger partial charge in [0.15, 0.2) is 0 Å². The highest BCUT2D eigenvalue weighted by Crippen LogP contribution is 2.28. The van der Waals surface area contributed by atoms with Crippen molar-refractivity contribution in [3.05, 3.63) is 109 Å². The predicted molar refractivity (Wildman–Crippen MR) is 167 cm³/mol. The first-order valence-electron chi connectivity index (χ1n) is 14.3. The second kappa shape index (κ2) is 15.5. The molecule has 0 N–H and O–H groups in total. The van der Waals surface area contributed by atoms with Gasteiger partial charge >= 0.3 is 23.9 Å². The van der Waals surface area contributed by atoms with E-state index in [9.17, 15) is 19.2 Å². The van der Waals surface area contributed by atoms with Crippen LogP contribution in [0.5, 0.6) is 0 Å². The smallest absolute Gasteiger partial charge is 0.338 e. The zero-order valence-electron chi connectivity index (χ0n) is 25.2. The summed E-state index contributed by atoms with van der Waals surface area (Å²) in [4.78, 5) is 56.1. The molecular weight excluding hydrogens is 624 g/mol. The molecule has 14 nitrogen and oxygen atoms in total. The van der Waals surface area contributed by atoms with E-state index in [4.69, 9.17) is 28.0 Å². The summed E-state index contributed by atoms with van der Waals surface area (Å²) in [5, 5.41) is 8.10. The molecule has 48 heavy (non-hydrogen) atoms. The fourth-order valence-electron chi connectivity index (χ4n) is 4.11. The maximum Gasteiger partial charge on any atom is 0.338 e. The van der Waals surface area contributed by atoms with Crippen LogP contribution in [0.25, 0.3) is 45.7 Å². The van der Waals surface area contributed by atoms with Crippen molar-refractivity contribution in [2.24, 2.45) is 0 Å². The van der Waals surface area contributed by atoms with Gasteiger partial charge < -0.3 is 28.0 Å². The zero-order chi connectivity index (χ0) is 33.9. The zero-order valence-corrected chi connectivity index (χ0v) is 25.2. The summed E-state index contributed by atoms with van der Waals surface area (Å²) < 4.78 is 30.9. The Hall–Kier alpha value is -6.70. The number of nitrogens with zero attached hydrogens (tertiary/aromatic N) is 4. The number of hydrogen-bond acceptors (Lipinski definition) is 14. The molecule has 0 bridgehead atoms. The van der Waals surface area contributed by atoms with Crippen LogP contribution in [-0.4, -0.2) is 70.6 Å². The fraction of sp³-hybridized carbons (Fsp3) is 0.118. The molecule has 0 radical (unpaired) electrons. The molecule has 242 valence electrons. The largest absolute Gasteiger partial charge is 0.459 e. The molecule has 2 aromatic heterocycles. The van der Waals surface area contributed by atoms with Gasteiger partial charge in [0.05, 0.1) is 11.1 Å². The van der Waals surface area contributed by atoms with Gasteiger partial charge in [0.1, 0.15) is 26.4 Å². The number of carbonyl (C=O) groups excluding carboxylic acids is 4. The predicted octanol–water partition coefficient (Wildman–Crippen LogP) is 4.89. The van der Waals surface area contributed by atoms with E-state index in [0.29, 0.717) is 22.3 Å². The molecular formula is C34H26N4O10. The maximum absolute atomic E-state index is 12.5. The monoisotopic (exact) mass is 650 g/mol. The highest BCUT2D eigenvalue weighted by atomic mass is 16.6. The van der Waals surface area contributed by atoms with Crippen molar-refractivity contribution >= 4 is 23.9 Å². The van der Waals surface area contributed by atoms with Gasteiger partial charge in [0, 0.05) is 34.4 Å². The van der Waals surface area contributed by atoms with Crippen LogP contribution in [0.1, 0.15) is 20.7 Å². The van der Waals surface area contributed by atoms with Crippen LogP contribution in [0.2, 0.25) is 0 Å². The van der Waals surface area contributed by atoms with Crippen molar-refractivity contribution in [3.8, 4) is 45.7 Å². The maximum atomic E-state index is 12.5. The third-order valence-corrected chi connectivity index (χ3v) is 6.38. The lowest BCUT2D eigenvalue weighted by molar-refractivity contribution is -0.139. The van der Waals surface area contributed by atoms with Crippen LogP contribution in [0, 0.1) is 0 Å². The molecule has 3 aromatic carbocycles. The lowest BCUT2D eigenvalue weighted by atomic mass is 10.1. The molecule has 5 aromatic rings. The summed E-state index contributed by atoms with van der Waals surface area (Å²) in [5.41, 5.74) is 2.65. The van der Waals surface area contributed by atoms with Crippen LogP contribution >= 0.6 is 0 Å². The minimum absolute atomic E-state index is 0.0999. The molecule has 2 heterocycles. The minimum atomic E-state index is -0.614. The third-order valence-electron chi connectivity index (χ3n) is 6.38. The van der Waals surface area contributed by atoms with E-state index >= 15 is 0 Å². The second-order valence-electron chi connectivity index (χ2n) is 9.60. The topological polar surface area (TPSA) is 183 Å². The molecule has 0 unspecified atom stereocenters. The quantitative estimate of drug-likeness (QED) is 0.0685. The van der Waals surface area contributed by atoms with Crippen LogP contribution in [0.4, 0.5) is 0 Å². The molecule has 0 saturated heterocycles. The van der Waals surface area contributed by atoms with Crippen molar-refractivity contribution < 1.29 is 47.2 Å². The van der Waals surface area contributed by atoms with E-state index in [1.54, 1.807) is 72.8 Å². The number of carbonyl (C=O) groups is 4. The first-order chi connectivity index (χ1) is 23.3. The minimum Gasteiger partial charge on any atom is -0.459 e. The molecule has 0 aliphatic rings. The number of benzene rings is 3. The lowest BCUT2D eigenvalue weighted by Gasteiger charge is -2.05. The van der Waals surface area contributed by atoms with Crippen molar-refractivity contribution in [1.82, 2.24) is 20.3 Å². The Labute approximate surface area is 272 Å². The van der Waals surface area contributed by atoms with Crippen LogP contribution in [-0.2, 0) is 28.5 Å². The summed E-state index contributed by atoms with van der Waals surface area (Å²) in [5.74, 6) is -1.57. The summed E-state index contributed by atoms with van der Waals surface area (Å²) in [6.45, 7) is 6.16. The number of esters is 4. The molecule has 14 heteroatoms. The fourth-order valence-corrected chi connectivity index (χ4v) is 4.11. The molecule has 0 aliphatic heterocycles. The SMILES string of the molecule is C=CC(=O)OCCOC(=O)c1cccc(-c2noc(-c3cccc(-c4nc(-c5cccc(C(=O)OCCOC(=O)C=C)c5)no4)c3)n2)c1. The first kappa shape index (κ1) is 32.7. The summed E-state index contributed by atoms with van der Waals surface area (Å²) in [6.07, 6.45) is 2.04. The van der Waals surface area contributed by atoms with E-state index in [2.05, 4.69) is 33.4 Å². The molecule has 0 saturated carbocycles. The third kappa shape index (κ3) is 8.31. The van der Waals surface area contributed by atoms with Crippen LogP contribution in [0.3, 0.4) is 0 Å². The van der Waals surface area contributed by atoms with Gasteiger partial charge in [-0.25, -0.2) is 19.2 Å². The lowest BCUT2D eigenvalue weighted by Crippen LogP contribution is -2.12. The van der Waals surface area contributed by atoms with Crippen molar-refractivity contribution in [1.29, 1.82) is 0 Å². The van der Waals surface area contributed by atoms with Gasteiger partial charge in [0.2, 0.25) is 11.6 Å². The van der Waals surface area contributed by atoms with Gasteiger partial charge in [-0.15, -0.1) is 0 Å². The van der Waals surface area contributed by atoms with Gasteiger partial charge in [-0.2, -0.15) is 9.97 Å². The Morgan fingerprint density at radius 3 is 1.40 bits per heavy atom. The Morgan fingerprint density at radius 1 is 0.562 bits per heavy atom. The summed E-state index contributed by atoms with van der Waals surface area (Å²) in [7, 11) is 0. The number of hydrogen-bond donors (Lipinski definition) is 0. The van der Waals surface area contributed by atoms with E-state index < -0.39 is 23.9 Å². The molecule has 0 aliphatic carbocycles. The summed E-state index contributed by atoms with van der Waals surface area (Å²) in [6, 6.07) is 20.0. The van der Waals surface area contributed by atoms with E-state index in [1.165, 1.54) is 0 Å². The van der Waals surface area contributed by atoms with Crippen molar-refractivity contribution in [2.45, 2.75) is 0 Å². The van der Waals surface area contributed by atoms with Gasteiger partial charge in [-0.1, -0.05) is 53.8 Å². The summed E-state index contributed by atoms with van der Waals surface area (Å²) >= 11 is 0.